The molecule has 1 aliphatic rings. The lowest BCUT2D eigenvalue weighted by Gasteiger charge is -2.25. The molecule has 0 bridgehead atoms. The normalized spacial score (nSPS) is 12.8. The van der Waals surface area contributed by atoms with Gasteiger partial charge < -0.3 is 35.6 Å². The minimum Gasteiger partial charge on any atom is -0.507 e. The highest BCUT2D eigenvalue weighted by Gasteiger charge is 2.32. The summed E-state index contributed by atoms with van der Waals surface area (Å²) in [6, 6.07) is 2.60. The molecule has 11 nitrogen and oxygen atoms in total. The Labute approximate surface area is 268 Å². The maximum Gasteiger partial charge on any atom is 0.303 e. The largest absolute Gasteiger partial charge is 0.507 e. The maximum atomic E-state index is 14.0. The summed E-state index contributed by atoms with van der Waals surface area (Å²) < 4.78 is 6.01. The smallest absolute Gasteiger partial charge is 0.303 e. The van der Waals surface area contributed by atoms with Crippen LogP contribution in [-0.2, 0) is 35.6 Å². The van der Waals surface area contributed by atoms with E-state index < -0.39 is 36.0 Å². The Morgan fingerprint density at radius 2 is 1.40 bits per heavy atom. The topological polar surface area (TPSA) is 191 Å². The van der Waals surface area contributed by atoms with Crippen LogP contribution in [0.15, 0.2) is 27.3 Å². The SMILES string of the molecule is COc1c(NCCCC(=O)O)c2c(=O)cc(CO)c3c4c(CO)cc(=O)c5c(O)c(CCCCC(=O)O)c6c(c(c1CC(C)=C6)c23)c54. The second-order valence-corrected chi connectivity index (χ2v) is 12.2. The Kier molecular flexibility index (Phi) is 8.37. The number of rotatable bonds is 13. The van der Waals surface area contributed by atoms with Gasteiger partial charge in [-0.05, 0) is 89.4 Å². The summed E-state index contributed by atoms with van der Waals surface area (Å²) in [6.45, 7) is 1.12. The van der Waals surface area contributed by atoms with E-state index in [2.05, 4.69) is 5.32 Å². The standard InChI is InChI=1S/C36H35NO10/c1-16-10-20-19(6-3-4-7-24(42)43)35(46)31-23(41)13-18(15-39)27-26-17(14-38)12-22(40)30-32(26)29(28(20)33(27)31)21(11-16)36(47-2)34(30)37-9-5-8-25(44)45/h10,12-13,37-39,46H,3-9,11,14-15H2,1-2H3,(H,42,43)(H,44,45). The molecular weight excluding hydrogens is 606 g/mol. The Bertz CT molecular complexity index is 2260. The quantitative estimate of drug-likeness (QED) is 0.0597. The van der Waals surface area contributed by atoms with Crippen molar-refractivity contribution in [3.63, 3.8) is 0 Å². The van der Waals surface area contributed by atoms with E-state index in [-0.39, 0.29) is 54.3 Å². The van der Waals surface area contributed by atoms with Crippen LogP contribution < -0.4 is 20.9 Å². The molecule has 6 rings (SSSR count). The first-order valence-electron chi connectivity index (χ1n) is 15.5. The molecular formula is C36H35NO10. The average molecular weight is 642 g/mol. The Balaban J connectivity index is 1.87. The molecule has 47 heavy (non-hydrogen) atoms. The molecule has 0 spiro atoms. The number of fused-ring (bicyclic) bond motifs is 1. The molecule has 0 fully saturated rings. The number of anilines is 1. The number of unbranched alkanes of at least 4 members (excludes halogenated alkanes) is 1. The zero-order chi connectivity index (χ0) is 33.7. The van der Waals surface area contributed by atoms with Crippen molar-refractivity contribution < 1.29 is 39.9 Å². The molecule has 1 aliphatic carbocycles. The monoisotopic (exact) mass is 641 g/mol. The number of phenolic OH excluding ortho intramolecular Hbond substituents is 1. The third-order valence-electron chi connectivity index (χ3n) is 9.24. The number of aromatic hydroxyl groups is 1. The number of nitrogens with one attached hydrogen (secondary N) is 1. The molecule has 0 heterocycles. The van der Waals surface area contributed by atoms with Crippen LogP contribution in [0.25, 0.3) is 49.2 Å². The number of phenols is 1. The Hall–Kier alpha value is -5.00. The van der Waals surface area contributed by atoms with Gasteiger partial charge in [-0.1, -0.05) is 11.6 Å². The third kappa shape index (κ3) is 5.06. The second kappa shape index (κ2) is 12.3. The van der Waals surface area contributed by atoms with Crippen LogP contribution in [0.5, 0.6) is 11.5 Å². The van der Waals surface area contributed by atoms with Crippen molar-refractivity contribution in [3.8, 4) is 11.5 Å². The molecule has 0 aliphatic heterocycles. The minimum atomic E-state index is -0.950. The highest BCUT2D eigenvalue weighted by atomic mass is 16.5. The van der Waals surface area contributed by atoms with Gasteiger partial charge in [-0.15, -0.1) is 0 Å². The van der Waals surface area contributed by atoms with Gasteiger partial charge in [0, 0.05) is 41.3 Å². The van der Waals surface area contributed by atoms with Gasteiger partial charge in [-0.25, -0.2) is 0 Å². The number of aliphatic hydroxyl groups is 2. The van der Waals surface area contributed by atoms with Crippen LogP contribution in [-0.4, -0.2) is 51.1 Å². The van der Waals surface area contributed by atoms with Crippen molar-refractivity contribution in [2.24, 2.45) is 0 Å². The number of aliphatic carboxylic acids is 2. The molecule has 0 atom stereocenters. The number of carboxylic acid groups (broad SMARTS) is 2. The van der Waals surface area contributed by atoms with Gasteiger partial charge in [0.2, 0.25) is 0 Å². The van der Waals surface area contributed by atoms with Crippen molar-refractivity contribution in [1.82, 2.24) is 0 Å². The van der Waals surface area contributed by atoms with E-state index in [4.69, 9.17) is 4.74 Å². The fourth-order valence-electron chi connectivity index (χ4n) is 7.44. The predicted octanol–water partition coefficient (Wildman–Crippen LogP) is 4.63. The molecule has 244 valence electrons. The molecule has 5 aromatic rings. The fraction of sp³-hybridized carbons (Fsp3) is 0.333. The van der Waals surface area contributed by atoms with E-state index in [0.717, 1.165) is 5.57 Å². The average Bonchev–Trinajstić information content (AvgIpc) is 3.18. The maximum absolute atomic E-state index is 14.0. The number of hydrogen-bond acceptors (Lipinski definition) is 9. The highest BCUT2D eigenvalue weighted by Crippen LogP contribution is 2.53. The summed E-state index contributed by atoms with van der Waals surface area (Å²) in [7, 11) is 1.49. The number of carboxylic acids is 2. The third-order valence-corrected chi connectivity index (χ3v) is 9.24. The lowest BCUT2D eigenvalue weighted by atomic mass is 9.80. The van der Waals surface area contributed by atoms with Crippen molar-refractivity contribution in [2.75, 3.05) is 19.0 Å². The van der Waals surface area contributed by atoms with Crippen LogP contribution in [0, 0.1) is 0 Å². The van der Waals surface area contributed by atoms with E-state index in [0.29, 0.717) is 85.3 Å². The molecule has 0 amide bonds. The van der Waals surface area contributed by atoms with Gasteiger partial charge >= 0.3 is 11.9 Å². The highest BCUT2D eigenvalue weighted by molar-refractivity contribution is 6.38. The number of ether oxygens (including phenoxy) is 1. The zero-order valence-corrected chi connectivity index (χ0v) is 26.1. The predicted molar refractivity (Wildman–Crippen MR) is 179 cm³/mol. The summed E-state index contributed by atoms with van der Waals surface area (Å²) in [5.41, 5.74) is 2.77. The van der Waals surface area contributed by atoms with Gasteiger partial charge in [0.05, 0.1) is 36.8 Å². The van der Waals surface area contributed by atoms with E-state index in [9.17, 15) is 44.7 Å². The lowest BCUT2D eigenvalue weighted by Crippen LogP contribution is -2.14. The fourth-order valence-corrected chi connectivity index (χ4v) is 7.44. The molecule has 0 saturated heterocycles. The number of hydrogen-bond donors (Lipinski definition) is 6. The summed E-state index contributed by atoms with van der Waals surface area (Å²) in [5.74, 6) is -1.71. The van der Waals surface area contributed by atoms with E-state index in [1.807, 2.05) is 13.0 Å². The first kappa shape index (κ1) is 32.0. The van der Waals surface area contributed by atoms with Crippen molar-refractivity contribution in [3.05, 3.63) is 66.0 Å². The van der Waals surface area contributed by atoms with Gasteiger partial charge in [-0.3, -0.25) is 19.2 Å². The molecule has 0 radical (unpaired) electrons. The molecule has 0 unspecified atom stereocenters. The summed E-state index contributed by atoms with van der Waals surface area (Å²) in [5, 5.41) is 58.0. The van der Waals surface area contributed by atoms with Crippen molar-refractivity contribution in [2.45, 2.75) is 65.1 Å². The van der Waals surface area contributed by atoms with Gasteiger partial charge in [-0.2, -0.15) is 0 Å². The number of aliphatic hydroxyl groups excluding tert-OH is 2. The number of benzene rings is 5. The first-order chi connectivity index (χ1) is 22.5. The molecule has 11 heteroatoms. The molecule has 0 aromatic heterocycles. The molecule has 6 N–H and O–H groups in total. The van der Waals surface area contributed by atoms with Crippen LogP contribution in [0.1, 0.15) is 66.8 Å². The van der Waals surface area contributed by atoms with Crippen LogP contribution in [0.2, 0.25) is 0 Å². The van der Waals surface area contributed by atoms with Crippen LogP contribution >= 0.6 is 0 Å². The number of allylic oxidation sites excluding steroid dienone is 1. The van der Waals surface area contributed by atoms with E-state index in [1.165, 1.54) is 19.2 Å². The van der Waals surface area contributed by atoms with Crippen LogP contribution in [0.4, 0.5) is 5.69 Å². The summed E-state index contributed by atoms with van der Waals surface area (Å²) in [4.78, 5) is 50.2. The van der Waals surface area contributed by atoms with Crippen molar-refractivity contribution >= 4 is 66.8 Å². The number of carbonyl (C=O) groups is 2. The zero-order valence-electron chi connectivity index (χ0n) is 26.1. The van der Waals surface area contributed by atoms with E-state index in [1.54, 1.807) is 0 Å². The Morgan fingerprint density at radius 1 is 0.809 bits per heavy atom. The Morgan fingerprint density at radius 3 is 2.00 bits per heavy atom. The summed E-state index contributed by atoms with van der Waals surface area (Å²) >= 11 is 0. The van der Waals surface area contributed by atoms with Gasteiger partial charge in [0.1, 0.15) is 11.5 Å². The first-order valence-corrected chi connectivity index (χ1v) is 15.5. The van der Waals surface area contributed by atoms with Crippen LogP contribution in [0.3, 0.4) is 0 Å². The van der Waals surface area contributed by atoms with Crippen molar-refractivity contribution in [1.29, 1.82) is 0 Å². The second-order valence-electron chi connectivity index (χ2n) is 12.2. The number of methoxy groups -OCH3 is 1. The van der Waals surface area contributed by atoms with Gasteiger partial charge in [0.25, 0.3) is 0 Å². The lowest BCUT2D eigenvalue weighted by molar-refractivity contribution is -0.138. The van der Waals surface area contributed by atoms with Gasteiger partial charge in [0.15, 0.2) is 10.9 Å². The van der Waals surface area contributed by atoms with E-state index >= 15 is 0 Å². The minimum absolute atomic E-state index is 0.0469. The molecule has 0 saturated carbocycles. The molecule has 5 aromatic carbocycles. The summed E-state index contributed by atoms with van der Waals surface area (Å²) in [6.07, 6.45) is 3.53.